The number of hydrogen-bond donors (Lipinski definition) is 1. The van der Waals surface area contributed by atoms with Crippen LogP contribution < -0.4 is 0 Å². The van der Waals surface area contributed by atoms with Crippen molar-refractivity contribution in [3.8, 4) is 22.5 Å². The van der Waals surface area contributed by atoms with Crippen molar-refractivity contribution in [2.75, 3.05) is 0 Å². The van der Waals surface area contributed by atoms with Crippen LogP contribution in [0, 0.1) is 29.6 Å². The van der Waals surface area contributed by atoms with Crippen molar-refractivity contribution in [1.82, 2.24) is 19.9 Å². The molecule has 6 aromatic rings. The van der Waals surface area contributed by atoms with Gasteiger partial charge >= 0.3 is 42.1 Å². The predicted octanol–water partition coefficient (Wildman–Crippen LogP) is 8.55. The molecule has 5 nitrogen and oxygen atoms in total. The first kappa shape index (κ1) is 38.6. The van der Waals surface area contributed by atoms with E-state index in [1.165, 1.54) is 12.1 Å². The number of benzene rings is 2. The number of hydrogen-bond acceptors (Lipinski definition) is 6. The Kier molecular flexibility index (Phi) is 18.7. The monoisotopic (exact) mass is 987 g/mol. The zero-order valence-corrected chi connectivity index (χ0v) is 28.7. The van der Waals surface area contributed by atoms with Crippen LogP contribution in [0.1, 0.15) is 0 Å². The van der Waals surface area contributed by atoms with Gasteiger partial charge in [-0.15, -0.1) is 29.8 Å². The van der Waals surface area contributed by atoms with Gasteiger partial charge in [0.05, 0.1) is 0 Å². The third-order valence-corrected chi connectivity index (χ3v) is 5.48. The fourth-order valence-corrected chi connectivity index (χ4v) is 3.48. The molecule has 0 unspecified atom stereocenters. The maximum atomic E-state index is 13.2. The Hall–Kier alpha value is -3.42. The molecule has 0 spiro atoms. The van der Waals surface area contributed by atoms with E-state index in [4.69, 9.17) is 18.4 Å². The second-order valence-corrected chi connectivity index (χ2v) is 8.83. The van der Waals surface area contributed by atoms with Gasteiger partial charge in [0.15, 0.2) is 0 Å². The minimum absolute atomic E-state index is 0. The van der Waals surface area contributed by atoms with E-state index in [-0.39, 0.29) is 53.5 Å². The van der Waals surface area contributed by atoms with Crippen LogP contribution in [-0.4, -0.2) is 19.9 Å². The van der Waals surface area contributed by atoms with Crippen molar-refractivity contribution in [3.63, 3.8) is 0 Å². The van der Waals surface area contributed by atoms with Crippen molar-refractivity contribution in [3.05, 3.63) is 157 Å². The molecule has 4 heterocycles. The molecule has 0 bridgehead atoms. The van der Waals surface area contributed by atoms with Gasteiger partial charge < -0.3 is 33.3 Å². The van der Waals surface area contributed by atoms with Crippen LogP contribution in [0.2, 0.25) is 0 Å². The van der Waals surface area contributed by atoms with E-state index in [0.717, 1.165) is 23.4 Å². The van der Waals surface area contributed by atoms with E-state index < -0.39 is 11.6 Å². The molecule has 228 valence electrons. The summed E-state index contributed by atoms with van der Waals surface area (Å²) in [5, 5.41) is 0.655. The SMILES string of the molecule is Fc1c[c-]c(-c2ccccn2)c(F)c1.Fc1c[c-]c(-c2ccccn2)c(S)c1.[NH-]c1ccccn1.[Pt+2].[Pt+2].[S-]c1ccccn1. The summed E-state index contributed by atoms with van der Waals surface area (Å²) < 4.78 is 38.6. The second-order valence-electron chi connectivity index (χ2n) is 7.93. The number of pyridine rings is 4. The fourth-order valence-electron chi connectivity index (χ4n) is 3.04. The Morgan fingerprint density at radius 3 is 1.45 bits per heavy atom. The molecule has 0 aliphatic rings. The van der Waals surface area contributed by atoms with Crippen molar-refractivity contribution >= 4 is 31.1 Å². The van der Waals surface area contributed by atoms with Crippen molar-refractivity contribution < 1.29 is 55.3 Å². The fraction of sp³-hybridized carbons (Fsp3) is 0. The van der Waals surface area contributed by atoms with E-state index in [0.29, 0.717) is 21.4 Å². The molecule has 1 N–H and O–H groups in total. The van der Waals surface area contributed by atoms with Gasteiger partial charge in [0.2, 0.25) is 0 Å². The minimum atomic E-state index is -0.649. The quantitative estimate of drug-likeness (QED) is 0.107. The Morgan fingerprint density at radius 1 is 0.614 bits per heavy atom. The molecule has 2 aromatic carbocycles. The molecule has 0 saturated heterocycles. The summed E-state index contributed by atoms with van der Waals surface area (Å²) in [6.45, 7) is 0. The van der Waals surface area contributed by atoms with E-state index in [1.807, 2.05) is 30.3 Å². The summed E-state index contributed by atoms with van der Waals surface area (Å²) in [4.78, 5) is 16.1. The van der Waals surface area contributed by atoms with Gasteiger partial charge in [-0.1, -0.05) is 94.2 Å². The molecule has 12 heteroatoms. The molecule has 6 rings (SSSR count). The summed E-state index contributed by atoms with van der Waals surface area (Å²) in [5.74, 6) is -1.30. The first-order valence-corrected chi connectivity index (χ1v) is 13.0. The third kappa shape index (κ3) is 13.9. The van der Waals surface area contributed by atoms with E-state index in [2.05, 4.69) is 44.7 Å². The van der Waals surface area contributed by atoms with Gasteiger partial charge in [0, 0.05) is 36.0 Å². The minimum Gasteiger partial charge on any atom is -0.760 e. The summed E-state index contributed by atoms with van der Waals surface area (Å²) in [7, 11) is 0. The number of nitrogens with zero attached hydrogens (tertiary/aromatic N) is 4. The van der Waals surface area contributed by atoms with E-state index in [9.17, 15) is 13.2 Å². The zero-order valence-electron chi connectivity index (χ0n) is 22.5. The van der Waals surface area contributed by atoms with Crippen LogP contribution >= 0.6 is 12.6 Å². The molecule has 0 radical (unpaired) electrons. The zero-order chi connectivity index (χ0) is 30.2. The van der Waals surface area contributed by atoms with E-state index in [1.54, 1.807) is 67.3 Å². The largest absolute Gasteiger partial charge is 2.00 e. The molecule has 0 saturated carbocycles. The molecular formula is C32H22F3N5Pt2S2. The van der Waals surface area contributed by atoms with Crippen LogP contribution in [0.4, 0.5) is 19.0 Å². The molecule has 0 atom stereocenters. The van der Waals surface area contributed by atoms with Crippen molar-refractivity contribution in [1.29, 1.82) is 0 Å². The Balaban J connectivity index is 0.000000303. The summed E-state index contributed by atoms with van der Waals surface area (Å²) in [6.07, 6.45) is 6.51. The van der Waals surface area contributed by atoms with Gasteiger partial charge in [-0.25, -0.2) is 0 Å². The molecule has 0 fully saturated rings. The summed E-state index contributed by atoms with van der Waals surface area (Å²) >= 11 is 8.87. The van der Waals surface area contributed by atoms with E-state index >= 15 is 0 Å². The number of thiol groups is 1. The standard InChI is InChI=1S/C11H6F2N.C11H7FNS.C5H5N2.C5H5NS.2Pt/c12-8-4-5-9(10(13)7-8)11-3-1-2-6-14-11;12-8-4-5-9(11(14)7-8)10-3-1-2-6-13-10;6-5-3-1-2-4-7-5;7-5-3-1-2-4-6-5;;/h1-4,6-7H;1-4,6-7,14H;1-4H,(H-,6,7);1-4H,(H,6,7);;/q3*-1;;2*+2/p-1. The maximum Gasteiger partial charge on any atom is 2.00 e. The molecule has 0 aliphatic heterocycles. The van der Waals surface area contributed by atoms with Crippen LogP contribution in [0.15, 0.2) is 132 Å². The first-order chi connectivity index (χ1) is 20.3. The normalized spacial score (nSPS) is 9.18. The average Bonchev–Trinajstić information content (AvgIpc) is 3.00. The topological polar surface area (TPSA) is 75.4 Å². The summed E-state index contributed by atoms with van der Waals surface area (Å²) in [6, 6.07) is 31.2. The number of halogens is 3. The molecule has 4 aromatic heterocycles. The molecule has 0 amide bonds. The number of aromatic nitrogens is 4. The second kappa shape index (κ2) is 21.3. The molecular weight excluding hydrogens is 966 g/mol. The third-order valence-electron chi connectivity index (χ3n) is 4.89. The Bertz CT molecular complexity index is 1520. The number of nitrogens with one attached hydrogen (secondary N) is 1. The van der Waals surface area contributed by atoms with Gasteiger partial charge in [-0.05, 0) is 29.6 Å². The van der Waals surface area contributed by atoms with Crippen LogP contribution in [-0.2, 0) is 54.8 Å². The van der Waals surface area contributed by atoms with Crippen LogP contribution in [0.5, 0.6) is 0 Å². The van der Waals surface area contributed by atoms with Crippen LogP contribution in [0.25, 0.3) is 28.2 Å². The van der Waals surface area contributed by atoms with Crippen molar-refractivity contribution in [2.45, 2.75) is 9.92 Å². The van der Waals surface area contributed by atoms with Gasteiger partial charge in [-0.2, -0.15) is 12.6 Å². The Morgan fingerprint density at radius 2 is 1.09 bits per heavy atom. The van der Waals surface area contributed by atoms with Gasteiger partial charge in [0.1, 0.15) is 0 Å². The smallest absolute Gasteiger partial charge is 0.760 e. The average molecular weight is 988 g/mol. The van der Waals surface area contributed by atoms with Gasteiger partial charge in [0.25, 0.3) is 0 Å². The molecule has 0 aliphatic carbocycles. The van der Waals surface area contributed by atoms with Crippen molar-refractivity contribution in [2.24, 2.45) is 0 Å². The predicted molar refractivity (Wildman–Crippen MR) is 162 cm³/mol. The Labute approximate surface area is 294 Å². The summed E-state index contributed by atoms with van der Waals surface area (Å²) in [5.41, 5.74) is 8.99. The first-order valence-electron chi connectivity index (χ1n) is 12.1. The maximum absolute atomic E-state index is 13.2. The van der Waals surface area contributed by atoms with Crippen LogP contribution in [0.3, 0.4) is 0 Å². The number of rotatable bonds is 2. The van der Waals surface area contributed by atoms with Gasteiger partial charge in [-0.3, -0.25) is 18.2 Å². The molecule has 44 heavy (non-hydrogen) atoms.